The van der Waals surface area contributed by atoms with Gasteiger partial charge in [0.05, 0.1) is 26.2 Å². The average molecular weight is 582 g/mol. The molecular weight excluding hydrogens is 542 g/mol. The molecule has 0 fully saturated rings. The number of hydrogen-bond donors (Lipinski definition) is 1. The van der Waals surface area contributed by atoms with Gasteiger partial charge in [-0.1, -0.05) is 60.2 Å². The molecular formula is C31H39N3O6S. The van der Waals surface area contributed by atoms with Crippen LogP contribution in [0.4, 0.5) is 5.69 Å². The van der Waals surface area contributed by atoms with Gasteiger partial charge in [-0.3, -0.25) is 13.9 Å². The van der Waals surface area contributed by atoms with Crippen LogP contribution in [0.1, 0.15) is 30.5 Å². The molecule has 0 aliphatic carbocycles. The molecule has 9 nitrogen and oxygen atoms in total. The van der Waals surface area contributed by atoms with Crippen LogP contribution in [-0.2, 0) is 32.6 Å². The molecule has 0 aliphatic heterocycles. The molecule has 0 saturated carbocycles. The molecule has 3 rings (SSSR count). The molecule has 0 aromatic heterocycles. The van der Waals surface area contributed by atoms with Gasteiger partial charge >= 0.3 is 0 Å². The van der Waals surface area contributed by atoms with Crippen molar-refractivity contribution in [3.05, 3.63) is 89.5 Å². The number of benzene rings is 3. The van der Waals surface area contributed by atoms with Crippen LogP contribution in [0.5, 0.6) is 11.5 Å². The number of sulfonamides is 1. The van der Waals surface area contributed by atoms with Gasteiger partial charge in [-0.05, 0) is 44.0 Å². The molecule has 0 saturated heterocycles. The summed E-state index contributed by atoms with van der Waals surface area (Å²) in [5, 5.41) is 2.94. The number of methoxy groups -OCH3 is 2. The summed E-state index contributed by atoms with van der Waals surface area (Å²) in [6.07, 6.45) is 1.28. The minimum atomic E-state index is -3.94. The summed E-state index contributed by atoms with van der Waals surface area (Å²) in [5.74, 6) is -0.154. The summed E-state index contributed by atoms with van der Waals surface area (Å²) in [7, 11) is -1.03. The second kappa shape index (κ2) is 14.0. The predicted molar refractivity (Wildman–Crippen MR) is 161 cm³/mol. The Hall–Kier alpha value is -4.05. The molecule has 0 spiro atoms. The first-order valence-electron chi connectivity index (χ1n) is 13.3. The monoisotopic (exact) mass is 581 g/mol. The fourth-order valence-corrected chi connectivity index (χ4v) is 5.38. The van der Waals surface area contributed by atoms with Crippen LogP contribution >= 0.6 is 0 Å². The highest BCUT2D eigenvalue weighted by molar-refractivity contribution is 7.92. The Morgan fingerprint density at radius 2 is 1.59 bits per heavy atom. The standard InChI is InChI=1S/C31H39N3O6S/c1-22(2)32-31(36)28(18-24-12-8-7-9-13-24)33(20-25-14-10-11-23(3)17-25)30(35)21-34(41(6,37)38)27-16-15-26(39-4)19-29(27)40-5/h7-17,19,22,28H,18,20-21H2,1-6H3,(H,32,36). The summed E-state index contributed by atoms with van der Waals surface area (Å²) in [6, 6.07) is 20.7. The van der Waals surface area contributed by atoms with Crippen LogP contribution in [0.15, 0.2) is 72.8 Å². The SMILES string of the molecule is COc1ccc(N(CC(=O)N(Cc2cccc(C)c2)C(Cc2ccccc2)C(=O)NC(C)C)S(C)(=O)=O)c(OC)c1. The van der Waals surface area contributed by atoms with E-state index in [2.05, 4.69) is 5.32 Å². The molecule has 2 amide bonds. The lowest BCUT2D eigenvalue weighted by atomic mass is 10.0. The van der Waals surface area contributed by atoms with Crippen molar-refractivity contribution in [2.45, 2.75) is 45.8 Å². The van der Waals surface area contributed by atoms with Crippen LogP contribution in [0.2, 0.25) is 0 Å². The number of carbonyl (C=O) groups is 2. The number of hydrogen-bond acceptors (Lipinski definition) is 6. The molecule has 3 aromatic rings. The van der Waals surface area contributed by atoms with Gasteiger partial charge in [-0.15, -0.1) is 0 Å². The number of anilines is 1. The van der Waals surface area contributed by atoms with Gasteiger partial charge in [0.15, 0.2) is 0 Å². The Morgan fingerprint density at radius 3 is 2.17 bits per heavy atom. The van der Waals surface area contributed by atoms with Crippen molar-refractivity contribution in [1.82, 2.24) is 10.2 Å². The zero-order valence-electron chi connectivity index (χ0n) is 24.5. The highest BCUT2D eigenvalue weighted by Gasteiger charge is 2.34. The predicted octanol–water partition coefficient (Wildman–Crippen LogP) is 3.94. The Bertz CT molecular complexity index is 1440. The first-order valence-corrected chi connectivity index (χ1v) is 15.2. The number of carbonyl (C=O) groups excluding carboxylic acids is 2. The van der Waals surface area contributed by atoms with Gasteiger partial charge in [0.1, 0.15) is 24.1 Å². The average Bonchev–Trinajstić information content (AvgIpc) is 2.92. The van der Waals surface area contributed by atoms with E-state index in [0.29, 0.717) is 5.75 Å². The van der Waals surface area contributed by atoms with Crippen molar-refractivity contribution in [2.75, 3.05) is 31.3 Å². The normalized spacial score (nSPS) is 12.0. The lowest BCUT2D eigenvalue weighted by Crippen LogP contribution is -2.54. The number of ether oxygens (including phenoxy) is 2. The van der Waals surface area contributed by atoms with Crippen LogP contribution in [0.25, 0.3) is 0 Å². The first kappa shape index (κ1) is 31.5. The van der Waals surface area contributed by atoms with E-state index >= 15 is 0 Å². The lowest BCUT2D eigenvalue weighted by Gasteiger charge is -2.34. The Morgan fingerprint density at radius 1 is 0.902 bits per heavy atom. The van der Waals surface area contributed by atoms with Gasteiger partial charge < -0.3 is 19.7 Å². The highest BCUT2D eigenvalue weighted by Crippen LogP contribution is 2.33. The number of nitrogens with one attached hydrogen (secondary N) is 1. The molecule has 0 bridgehead atoms. The smallest absolute Gasteiger partial charge is 0.244 e. The largest absolute Gasteiger partial charge is 0.497 e. The van der Waals surface area contributed by atoms with Crippen molar-refractivity contribution < 1.29 is 27.5 Å². The highest BCUT2D eigenvalue weighted by atomic mass is 32.2. The topological polar surface area (TPSA) is 105 Å². The summed E-state index contributed by atoms with van der Waals surface area (Å²) in [5.41, 5.74) is 2.88. The summed E-state index contributed by atoms with van der Waals surface area (Å²) < 4.78 is 37.8. The van der Waals surface area contributed by atoms with Crippen molar-refractivity contribution in [3.63, 3.8) is 0 Å². The fourth-order valence-electron chi connectivity index (χ4n) is 4.53. The maximum atomic E-state index is 14.2. The zero-order chi connectivity index (χ0) is 30.2. The third-order valence-electron chi connectivity index (χ3n) is 6.47. The van der Waals surface area contributed by atoms with Crippen LogP contribution in [0.3, 0.4) is 0 Å². The summed E-state index contributed by atoms with van der Waals surface area (Å²) in [6.45, 7) is 5.23. The Balaban J connectivity index is 2.09. The third-order valence-corrected chi connectivity index (χ3v) is 7.60. The first-order chi connectivity index (χ1) is 19.4. The molecule has 0 radical (unpaired) electrons. The van der Waals surface area contributed by atoms with Crippen LogP contribution < -0.4 is 19.1 Å². The van der Waals surface area contributed by atoms with Gasteiger partial charge in [0, 0.05) is 25.1 Å². The van der Waals surface area contributed by atoms with E-state index in [1.54, 1.807) is 12.1 Å². The number of amides is 2. The van der Waals surface area contributed by atoms with Crippen molar-refractivity contribution in [2.24, 2.45) is 0 Å². The molecule has 1 unspecified atom stereocenters. The Labute approximate surface area is 243 Å². The Kier molecular flexibility index (Phi) is 10.8. The number of nitrogens with zero attached hydrogens (tertiary/aromatic N) is 2. The van der Waals surface area contributed by atoms with E-state index in [1.165, 1.54) is 25.2 Å². The van der Waals surface area contributed by atoms with E-state index in [1.807, 2.05) is 75.4 Å². The van der Waals surface area contributed by atoms with Gasteiger partial charge in [0.25, 0.3) is 0 Å². The van der Waals surface area contributed by atoms with E-state index in [4.69, 9.17) is 9.47 Å². The van der Waals surface area contributed by atoms with Crippen molar-refractivity contribution >= 4 is 27.5 Å². The van der Waals surface area contributed by atoms with E-state index < -0.39 is 28.5 Å². The van der Waals surface area contributed by atoms with Crippen molar-refractivity contribution in [1.29, 1.82) is 0 Å². The molecule has 1 atom stereocenters. The van der Waals surface area contributed by atoms with Gasteiger partial charge in [-0.25, -0.2) is 8.42 Å². The van der Waals surface area contributed by atoms with Crippen molar-refractivity contribution in [3.8, 4) is 11.5 Å². The van der Waals surface area contributed by atoms with E-state index in [9.17, 15) is 18.0 Å². The third kappa shape index (κ3) is 8.72. The van der Waals surface area contributed by atoms with Crippen LogP contribution in [0, 0.1) is 6.92 Å². The molecule has 3 aromatic carbocycles. The van der Waals surface area contributed by atoms with Gasteiger partial charge in [0.2, 0.25) is 21.8 Å². The molecule has 0 heterocycles. The minimum absolute atomic E-state index is 0.112. The summed E-state index contributed by atoms with van der Waals surface area (Å²) >= 11 is 0. The quantitative estimate of drug-likeness (QED) is 0.328. The number of rotatable bonds is 13. The molecule has 220 valence electrons. The fraction of sp³-hybridized carbons (Fsp3) is 0.355. The minimum Gasteiger partial charge on any atom is -0.497 e. The maximum absolute atomic E-state index is 14.2. The zero-order valence-corrected chi connectivity index (χ0v) is 25.3. The summed E-state index contributed by atoms with van der Waals surface area (Å²) in [4.78, 5) is 29.3. The lowest BCUT2D eigenvalue weighted by molar-refractivity contribution is -0.140. The van der Waals surface area contributed by atoms with Gasteiger partial charge in [-0.2, -0.15) is 0 Å². The van der Waals surface area contributed by atoms with E-state index in [-0.39, 0.29) is 36.4 Å². The van der Waals surface area contributed by atoms with Crippen LogP contribution in [-0.4, -0.2) is 64.2 Å². The second-order valence-electron chi connectivity index (χ2n) is 10.2. The number of aryl methyl sites for hydroxylation is 1. The molecule has 0 aliphatic rings. The van der Waals surface area contributed by atoms with E-state index in [0.717, 1.165) is 27.3 Å². The maximum Gasteiger partial charge on any atom is 0.244 e. The molecule has 1 N–H and O–H groups in total. The second-order valence-corrected chi connectivity index (χ2v) is 12.1. The molecule has 41 heavy (non-hydrogen) atoms. The molecule has 10 heteroatoms.